The highest BCUT2D eigenvalue weighted by atomic mass is 32.1. The lowest BCUT2D eigenvalue weighted by atomic mass is 9.80. The number of rotatable bonds is 8. The Morgan fingerprint density at radius 2 is 1.70 bits per heavy atom. The molecule has 1 aliphatic rings. The third kappa shape index (κ3) is 4.02. The molecular weight excluding hydrogens is 438 g/mol. The molecule has 4 rings (SSSR count). The number of benzene rings is 2. The standard InChI is InChI=1S/C25H25N3O4S/c1-4-32-21(29)20(28-31-3)19-15-33-23(26-19)27-22(30)24(2)16-25(24,17-11-7-5-8-12-17)18-13-9-6-10-14-18/h5-15H,4,16H2,1-3H3,(H,26,27,30). The smallest absolute Gasteiger partial charge is 0.362 e. The summed E-state index contributed by atoms with van der Waals surface area (Å²) in [5.41, 5.74) is 1.36. The number of hydrogen-bond donors (Lipinski definition) is 1. The highest BCUT2D eigenvalue weighted by molar-refractivity contribution is 7.14. The van der Waals surface area contributed by atoms with Gasteiger partial charge >= 0.3 is 5.97 Å². The summed E-state index contributed by atoms with van der Waals surface area (Å²) in [6.45, 7) is 3.89. The van der Waals surface area contributed by atoms with Gasteiger partial charge in [0.05, 0.1) is 12.0 Å². The second-order valence-electron chi connectivity index (χ2n) is 7.98. The summed E-state index contributed by atoms with van der Waals surface area (Å²) < 4.78 is 5.02. The van der Waals surface area contributed by atoms with Gasteiger partial charge in [0.1, 0.15) is 12.8 Å². The van der Waals surface area contributed by atoms with Gasteiger partial charge < -0.3 is 14.9 Å². The maximum absolute atomic E-state index is 13.5. The number of amides is 1. The number of carbonyl (C=O) groups is 2. The van der Waals surface area contributed by atoms with Gasteiger partial charge in [-0.05, 0) is 31.4 Å². The summed E-state index contributed by atoms with van der Waals surface area (Å²) >= 11 is 1.22. The van der Waals surface area contributed by atoms with Crippen LogP contribution in [0.15, 0.2) is 71.2 Å². The molecule has 33 heavy (non-hydrogen) atoms. The van der Waals surface area contributed by atoms with Crippen LogP contribution >= 0.6 is 11.3 Å². The van der Waals surface area contributed by atoms with Crippen molar-refractivity contribution in [3.63, 3.8) is 0 Å². The molecule has 0 spiro atoms. The summed E-state index contributed by atoms with van der Waals surface area (Å²) in [7, 11) is 1.34. The number of anilines is 1. The molecule has 0 bridgehead atoms. The summed E-state index contributed by atoms with van der Waals surface area (Å²) in [4.78, 5) is 34.8. The highest BCUT2D eigenvalue weighted by Crippen LogP contribution is 2.68. The highest BCUT2D eigenvalue weighted by Gasteiger charge is 2.70. The molecule has 1 saturated carbocycles. The Balaban J connectivity index is 1.60. The van der Waals surface area contributed by atoms with Crippen molar-refractivity contribution in [2.45, 2.75) is 25.7 Å². The van der Waals surface area contributed by atoms with Crippen molar-refractivity contribution in [3.8, 4) is 0 Å². The second kappa shape index (κ2) is 9.15. The van der Waals surface area contributed by atoms with E-state index >= 15 is 0 Å². The van der Waals surface area contributed by atoms with Gasteiger partial charge in [-0.3, -0.25) is 4.79 Å². The fourth-order valence-electron chi connectivity index (χ4n) is 4.37. The Bertz CT molecular complexity index is 1140. The first-order chi connectivity index (χ1) is 16.0. The maximum Gasteiger partial charge on any atom is 0.362 e. The molecule has 1 atom stereocenters. The van der Waals surface area contributed by atoms with Crippen LogP contribution in [0.4, 0.5) is 5.13 Å². The number of nitrogens with zero attached hydrogens (tertiary/aromatic N) is 2. The number of thiazole rings is 1. The van der Waals surface area contributed by atoms with Crippen LogP contribution in [0.1, 0.15) is 37.1 Å². The molecule has 1 N–H and O–H groups in total. The van der Waals surface area contributed by atoms with Crippen LogP contribution in [0.25, 0.3) is 0 Å². The number of nitrogens with one attached hydrogen (secondary N) is 1. The fraction of sp³-hybridized carbons (Fsp3) is 0.280. The van der Waals surface area contributed by atoms with E-state index in [4.69, 9.17) is 9.57 Å². The van der Waals surface area contributed by atoms with Crippen molar-refractivity contribution in [2.24, 2.45) is 10.6 Å². The van der Waals surface area contributed by atoms with Crippen molar-refractivity contribution < 1.29 is 19.2 Å². The van der Waals surface area contributed by atoms with E-state index in [2.05, 4.69) is 39.7 Å². The normalized spacial score (nSPS) is 18.9. The van der Waals surface area contributed by atoms with Gasteiger partial charge in [-0.25, -0.2) is 9.78 Å². The Labute approximate surface area is 196 Å². The molecular formula is C25H25N3O4S. The molecule has 8 heteroatoms. The van der Waals surface area contributed by atoms with Gasteiger partial charge in [-0.1, -0.05) is 65.8 Å². The Morgan fingerprint density at radius 3 is 2.24 bits per heavy atom. The second-order valence-corrected chi connectivity index (χ2v) is 8.84. The lowest BCUT2D eigenvalue weighted by molar-refractivity contribution is -0.135. The molecule has 2 aromatic carbocycles. The van der Waals surface area contributed by atoms with Gasteiger partial charge in [-0.15, -0.1) is 11.3 Å². The predicted octanol–water partition coefficient (Wildman–Crippen LogP) is 4.39. The minimum Gasteiger partial charge on any atom is -0.461 e. The van der Waals surface area contributed by atoms with E-state index < -0.39 is 16.8 Å². The summed E-state index contributed by atoms with van der Waals surface area (Å²) in [6, 6.07) is 20.2. The third-order valence-electron chi connectivity index (χ3n) is 6.09. The van der Waals surface area contributed by atoms with Crippen LogP contribution in [-0.2, 0) is 24.6 Å². The molecule has 7 nitrogen and oxygen atoms in total. The van der Waals surface area contributed by atoms with Crippen molar-refractivity contribution in [2.75, 3.05) is 19.0 Å². The van der Waals surface area contributed by atoms with Crippen molar-refractivity contribution in [3.05, 3.63) is 82.9 Å². The van der Waals surface area contributed by atoms with E-state index in [1.54, 1.807) is 12.3 Å². The zero-order chi connectivity index (χ0) is 23.5. The number of hydrogen-bond acceptors (Lipinski definition) is 7. The molecule has 1 aliphatic carbocycles. The number of aromatic nitrogens is 1. The third-order valence-corrected chi connectivity index (χ3v) is 6.85. The molecule has 1 heterocycles. The Hall–Kier alpha value is -3.52. The molecule has 3 aromatic rings. The largest absolute Gasteiger partial charge is 0.461 e. The van der Waals surface area contributed by atoms with Crippen molar-refractivity contribution in [1.82, 2.24) is 4.98 Å². The number of oxime groups is 1. The maximum atomic E-state index is 13.5. The van der Waals surface area contributed by atoms with Gasteiger partial charge in [0.2, 0.25) is 11.6 Å². The first-order valence-corrected chi connectivity index (χ1v) is 11.5. The fourth-order valence-corrected chi connectivity index (χ4v) is 5.06. The summed E-state index contributed by atoms with van der Waals surface area (Å²) in [5.74, 6) is -0.763. The Morgan fingerprint density at radius 1 is 1.09 bits per heavy atom. The van der Waals surface area contributed by atoms with Gasteiger partial charge in [0.25, 0.3) is 0 Å². The molecule has 1 aromatic heterocycles. The van der Waals surface area contributed by atoms with Crippen molar-refractivity contribution in [1.29, 1.82) is 0 Å². The monoisotopic (exact) mass is 463 g/mol. The number of carbonyl (C=O) groups excluding carboxylic acids is 2. The average Bonchev–Trinajstić information content (AvgIpc) is 3.25. The zero-order valence-electron chi connectivity index (χ0n) is 18.7. The Kier molecular flexibility index (Phi) is 6.29. The van der Waals surface area contributed by atoms with Gasteiger partial charge in [-0.2, -0.15) is 0 Å². The van der Waals surface area contributed by atoms with Crippen LogP contribution in [0.3, 0.4) is 0 Å². The van der Waals surface area contributed by atoms with E-state index in [0.29, 0.717) is 11.6 Å². The first-order valence-electron chi connectivity index (χ1n) is 10.6. The molecule has 1 unspecified atom stereocenters. The van der Waals surface area contributed by atoms with Crippen LogP contribution < -0.4 is 5.32 Å². The molecule has 1 amide bonds. The minimum absolute atomic E-state index is 0.0448. The SMILES string of the molecule is CCOC(=O)C(=NOC)c1csc(NC(=O)C2(C)CC2(c2ccccc2)c2ccccc2)n1. The lowest BCUT2D eigenvalue weighted by Crippen LogP contribution is -2.30. The first kappa shape index (κ1) is 22.7. The predicted molar refractivity (Wildman–Crippen MR) is 127 cm³/mol. The lowest BCUT2D eigenvalue weighted by Gasteiger charge is -2.23. The van der Waals surface area contributed by atoms with E-state index in [9.17, 15) is 9.59 Å². The quantitative estimate of drug-likeness (QED) is 0.304. The zero-order valence-corrected chi connectivity index (χ0v) is 19.5. The minimum atomic E-state index is -0.661. The molecule has 0 aliphatic heterocycles. The van der Waals surface area contributed by atoms with Crippen LogP contribution in [0.5, 0.6) is 0 Å². The van der Waals surface area contributed by atoms with E-state index in [0.717, 1.165) is 11.1 Å². The average molecular weight is 464 g/mol. The van der Waals surface area contributed by atoms with Crippen LogP contribution in [0.2, 0.25) is 0 Å². The number of esters is 1. The van der Waals surface area contributed by atoms with Crippen LogP contribution in [0, 0.1) is 5.41 Å². The summed E-state index contributed by atoms with van der Waals surface area (Å²) in [6.07, 6.45) is 0.678. The molecule has 1 fully saturated rings. The molecule has 0 saturated heterocycles. The molecule has 170 valence electrons. The van der Waals surface area contributed by atoms with E-state index in [1.165, 1.54) is 18.4 Å². The van der Waals surface area contributed by atoms with Crippen molar-refractivity contribution >= 4 is 34.1 Å². The van der Waals surface area contributed by atoms with Crippen LogP contribution in [-0.4, -0.2) is 36.3 Å². The van der Waals surface area contributed by atoms with E-state index in [-0.39, 0.29) is 23.9 Å². The van der Waals surface area contributed by atoms with E-state index in [1.807, 2.05) is 43.3 Å². The van der Waals surface area contributed by atoms with Gasteiger partial charge in [0.15, 0.2) is 5.13 Å². The van der Waals surface area contributed by atoms with Gasteiger partial charge in [0, 0.05) is 10.8 Å². The molecule has 0 radical (unpaired) electrons. The topological polar surface area (TPSA) is 89.9 Å². The summed E-state index contributed by atoms with van der Waals surface area (Å²) in [5, 5.41) is 8.71. The number of ether oxygens (including phenoxy) is 1.